The van der Waals surface area contributed by atoms with Gasteiger partial charge in [0.2, 0.25) is 5.55 Å². The van der Waals surface area contributed by atoms with Crippen LogP contribution in [0.1, 0.15) is 23.0 Å². The van der Waals surface area contributed by atoms with Crippen molar-refractivity contribution >= 4 is 16.9 Å². The molecule has 7 heteroatoms. The van der Waals surface area contributed by atoms with Crippen LogP contribution in [0.15, 0.2) is 39.5 Å². The van der Waals surface area contributed by atoms with Gasteiger partial charge >= 0.3 is 5.97 Å². The van der Waals surface area contributed by atoms with Crippen molar-refractivity contribution in [3.8, 4) is 16.9 Å². The van der Waals surface area contributed by atoms with E-state index in [1.165, 1.54) is 0 Å². The van der Waals surface area contributed by atoms with Gasteiger partial charge in [-0.1, -0.05) is 12.1 Å². The first kappa shape index (κ1) is 17.5. The molecule has 0 fully saturated rings. The van der Waals surface area contributed by atoms with Crippen LogP contribution < -0.4 is 15.9 Å². The lowest BCUT2D eigenvalue weighted by Gasteiger charge is -2.12. The number of carbonyl (C=O) groups is 1. The minimum absolute atomic E-state index is 0.0844. The van der Waals surface area contributed by atoms with E-state index in [0.29, 0.717) is 22.6 Å². The van der Waals surface area contributed by atoms with E-state index in [1.54, 1.807) is 51.3 Å². The number of aromatic nitrogens is 1. The number of pyridine rings is 1. The van der Waals surface area contributed by atoms with Gasteiger partial charge in [0.1, 0.15) is 16.9 Å². The molecule has 0 amide bonds. The number of fused-ring (bicyclic) bond motifs is 1. The Morgan fingerprint density at radius 2 is 1.96 bits per heavy atom. The highest BCUT2D eigenvalue weighted by Gasteiger charge is 2.23. The van der Waals surface area contributed by atoms with E-state index in [0.717, 1.165) is 0 Å². The van der Waals surface area contributed by atoms with E-state index in [4.69, 9.17) is 19.3 Å². The number of benzene rings is 1. The van der Waals surface area contributed by atoms with Crippen LogP contribution in [0.25, 0.3) is 22.1 Å². The Morgan fingerprint density at radius 3 is 2.58 bits per heavy atom. The molecule has 0 aliphatic carbocycles. The normalized spacial score (nSPS) is 10.7. The predicted molar refractivity (Wildman–Crippen MR) is 95.4 cm³/mol. The Labute approximate surface area is 148 Å². The van der Waals surface area contributed by atoms with Crippen molar-refractivity contribution in [2.24, 2.45) is 0 Å². The number of nitrogens with one attached hydrogen (secondary N) is 2. The van der Waals surface area contributed by atoms with Crippen LogP contribution in [0.2, 0.25) is 0 Å². The zero-order chi connectivity index (χ0) is 18.8. The van der Waals surface area contributed by atoms with Crippen molar-refractivity contribution in [3.63, 3.8) is 0 Å². The minimum Gasteiger partial charge on any atom is -0.497 e. The highest BCUT2D eigenvalue weighted by Crippen LogP contribution is 2.30. The molecule has 0 saturated heterocycles. The van der Waals surface area contributed by atoms with Crippen LogP contribution in [0, 0.1) is 12.3 Å². The van der Waals surface area contributed by atoms with Crippen LogP contribution in [0.3, 0.4) is 0 Å². The third kappa shape index (κ3) is 2.99. The topological polar surface area (TPSA) is 105 Å². The summed E-state index contributed by atoms with van der Waals surface area (Å²) < 4.78 is 15.7. The number of carbonyl (C=O) groups excluding carboxylic acids is 1. The van der Waals surface area contributed by atoms with Crippen molar-refractivity contribution < 1.29 is 18.7 Å². The molecule has 0 atom stereocenters. The van der Waals surface area contributed by atoms with Crippen LogP contribution >= 0.6 is 0 Å². The molecule has 0 unspecified atom stereocenters. The van der Waals surface area contributed by atoms with Crippen molar-refractivity contribution in [2.45, 2.75) is 13.8 Å². The van der Waals surface area contributed by atoms with Gasteiger partial charge in [-0.15, -0.1) is 0 Å². The fourth-order valence-corrected chi connectivity index (χ4v) is 2.82. The van der Waals surface area contributed by atoms with Gasteiger partial charge in [0.05, 0.1) is 19.1 Å². The number of methoxy groups -OCH3 is 1. The molecule has 0 spiro atoms. The predicted octanol–water partition coefficient (Wildman–Crippen LogP) is 2.76. The molecular formula is C19H18N2O5. The Hall–Kier alpha value is -3.35. The summed E-state index contributed by atoms with van der Waals surface area (Å²) in [6.07, 6.45) is 0. The van der Waals surface area contributed by atoms with Gasteiger partial charge in [-0.25, -0.2) is 4.79 Å². The third-order valence-electron chi connectivity index (χ3n) is 3.93. The third-order valence-corrected chi connectivity index (χ3v) is 3.93. The number of aromatic amines is 1. The fraction of sp³-hybridized carbons (Fsp3) is 0.211. The van der Waals surface area contributed by atoms with E-state index in [9.17, 15) is 9.59 Å². The maximum Gasteiger partial charge on any atom is 0.344 e. The second kappa shape index (κ2) is 6.87. The van der Waals surface area contributed by atoms with Crippen LogP contribution in [0.4, 0.5) is 0 Å². The molecule has 3 rings (SSSR count). The Morgan fingerprint density at radius 1 is 1.27 bits per heavy atom. The number of esters is 1. The summed E-state index contributed by atoms with van der Waals surface area (Å²) in [5, 5.41) is 8.36. The molecular weight excluding hydrogens is 336 g/mol. The molecule has 0 radical (unpaired) electrons. The molecule has 0 aliphatic heterocycles. The van der Waals surface area contributed by atoms with Crippen molar-refractivity contribution in [2.75, 3.05) is 13.7 Å². The quantitative estimate of drug-likeness (QED) is 0.701. The summed E-state index contributed by atoms with van der Waals surface area (Å²) in [6, 6.07) is 8.49. The maximum absolute atomic E-state index is 12.6. The molecule has 2 N–H and O–H groups in total. The smallest absolute Gasteiger partial charge is 0.344 e. The van der Waals surface area contributed by atoms with Gasteiger partial charge in [0.15, 0.2) is 0 Å². The summed E-state index contributed by atoms with van der Waals surface area (Å²) in [5.74, 6) is -0.0823. The van der Waals surface area contributed by atoms with Gasteiger partial charge < -0.3 is 18.9 Å². The van der Waals surface area contributed by atoms with Crippen molar-refractivity contribution in [3.05, 3.63) is 57.5 Å². The van der Waals surface area contributed by atoms with E-state index >= 15 is 0 Å². The number of hydrogen-bond acceptors (Lipinski definition) is 6. The minimum atomic E-state index is -0.714. The van der Waals surface area contributed by atoms with E-state index < -0.39 is 11.5 Å². The largest absolute Gasteiger partial charge is 0.497 e. The fourth-order valence-electron chi connectivity index (χ4n) is 2.82. The van der Waals surface area contributed by atoms with Crippen LogP contribution in [0.5, 0.6) is 5.75 Å². The Balaban J connectivity index is 2.45. The van der Waals surface area contributed by atoms with E-state index in [1.807, 2.05) is 0 Å². The SMILES string of the molecule is CCOC(=O)c1c(-c2ccc(OC)cc2)c2c(=O)[nH]c(C)cc2oc1=N. The number of aryl methyl sites for hydroxylation is 1. The highest BCUT2D eigenvalue weighted by molar-refractivity contribution is 6.05. The van der Waals surface area contributed by atoms with E-state index in [-0.39, 0.29) is 28.7 Å². The average molecular weight is 354 g/mol. The first-order valence-corrected chi connectivity index (χ1v) is 8.03. The molecule has 26 heavy (non-hydrogen) atoms. The molecule has 0 bridgehead atoms. The van der Waals surface area contributed by atoms with E-state index in [2.05, 4.69) is 4.98 Å². The molecule has 0 aliphatic rings. The van der Waals surface area contributed by atoms with Crippen LogP contribution in [-0.2, 0) is 4.74 Å². The molecule has 134 valence electrons. The first-order valence-electron chi connectivity index (χ1n) is 8.03. The standard InChI is InChI=1S/C19H18N2O5/c1-4-25-19(23)16-14(11-5-7-12(24-3)8-6-11)15-13(26-17(16)20)9-10(2)21-18(15)22/h5-9,20H,4H2,1-3H3,(H,21,22). The monoisotopic (exact) mass is 354 g/mol. The zero-order valence-electron chi connectivity index (χ0n) is 14.6. The lowest BCUT2D eigenvalue weighted by Crippen LogP contribution is -2.21. The number of hydrogen-bond donors (Lipinski definition) is 2. The highest BCUT2D eigenvalue weighted by atomic mass is 16.5. The lowest BCUT2D eigenvalue weighted by atomic mass is 9.97. The van der Waals surface area contributed by atoms with Crippen molar-refractivity contribution in [1.82, 2.24) is 4.98 Å². The molecule has 0 saturated carbocycles. The number of H-pyrrole nitrogens is 1. The van der Waals surface area contributed by atoms with Gasteiger partial charge in [0.25, 0.3) is 5.56 Å². The summed E-state index contributed by atoms with van der Waals surface area (Å²) in [7, 11) is 1.55. The first-order chi connectivity index (χ1) is 12.5. The number of rotatable bonds is 4. The summed E-state index contributed by atoms with van der Waals surface area (Å²) in [4.78, 5) is 27.8. The van der Waals surface area contributed by atoms with Gasteiger partial charge in [-0.2, -0.15) is 0 Å². The lowest BCUT2D eigenvalue weighted by molar-refractivity contribution is 0.0522. The second-order valence-electron chi connectivity index (χ2n) is 5.65. The van der Waals surface area contributed by atoms with Gasteiger partial charge in [0, 0.05) is 17.3 Å². The van der Waals surface area contributed by atoms with Crippen molar-refractivity contribution in [1.29, 1.82) is 5.41 Å². The summed E-state index contributed by atoms with van der Waals surface area (Å²) >= 11 is 0. The summed E-state index contributed by atoms with van der Waals surface area (Å²) in [5.41, 5.74) is 0.868. The van der Waals surface area contributed by atoms with Gasteiger partial charge in [-0.3, -0.25) is 10.2 Å². The summed E-state index contributed by atoms with van der Waals surface area (Å²) in [6.45, 7) is 3.53. The van der Waals surface area contributed by atoms with Crippen LogP contribution in [-0.4, -0.2) is 24.7 Å². The Bertz CT molecular complexity index is 1090. The maximum atomic E-state index is 12.6. The van der Waals surface area contributed by atoms with Gasteiger partial charge in [-0.05, 0) is 31.5 Å². The molecule has 1 aromatic carbocycles. The zero-order valence-corrected chi connectivity index (χ0v) is 14.6. The number of ether oxygens (including phenoxy) is 2. The molecule has 7 nitrogen and oxygen atoms in total. The second-order valence-corrected chi connectivity index (χ2v) is 5.65. The average Bonchev–Trinajstić information content (AvgIpc) is 2.60. The Kier molecular flexibility index (Phi) is 4.62. The molecule has 3 aromatic rings. The molecule has 2 heterocycles. The molecule has 2 aromatic heterocycles.